The fraction of sp³-hybridized carbons (Fsp3) is 0.611. The Bertz CT molecular complexity index is 534. The fourth-order valence-corrected chi connectivity index (χ4v) is 2.69. The number of likely N-dealkylation sites (tertiary alicyclic amines) is 1. The topological polar surface area (TPSA) is 66.3 Å². The third-order valence-electron chi connectivity index (χ3n) is 3.99. The van der Waals surface area contributed by atoms with Crippen LogP contribution in [0.2, 0.25) is 0 Å². The van der Waals surface area contributed by atoms with Gasteiger partial charge in [0, 0.05) is 19.6 Å². The van der Waals surface area contributed by atoms with Gasteiger partial charge in [0.25, 0.3) is 0 Å². The van der Waals surface area contributed by atoms with Crippen LogP contribution in [0, 0.1) is 0 Å². The van der Waals surface area contributed by atoms with Crippen molar-refractivity contribution in [3.63, 3.8) is 0 Å². The van der Waals surface area contributed by atoms with Crippen molar-refractivity contribution in [1.29, 1.82) is 0 Å². The van der Waals surface area contributed by atoms with Gasteiger partial charge in [-0.05, 0) is 38.8 Å². The first-order valence-corrected chi connectivity index (χ1v) is 8.65. The molecule has 1 aromatic rings. The maximum Gasteiger partial charge on any atom is 0.194 e. The lowest BCUT2D eigenvalue weighted by atomic mass is 10.1. The smallest absolute Gasteiger partial charge is 0.194 e. The second kappa shape index (κ2) is 11.4. The van der Waals surface area contributed by atoms with Crippen LogP contribution in [0.1, 0.15) is 26.7 Å². The number of aliphatic imine (C=N–C) groups is 1. The number of aliphatic hydroxyl groups excluding tert-OH is 1. The van der Waals surface area contributed by atoms with Crippen LogP contribution in [0.15, 0.2) is 29.3 Å². The van der Waals surface area contributed by atoms with E-state index in [9.17, 15) is 5.11 Å². The minimum atomic E-state index is -0.183. The van der Waals surface area contributed by atoms with Gasteiger partial charge in [-0.1, -0.05) is 12.1 Å². The molecule has 1 aliphatic heterocycles. The zero-order valence-corrected chi connectivity index (χ0v) is 17.6. The number of para-hydroxylation sites is 2. The van der Waals surface area contributed by atoms with Gasteiger partial charge in [0.05, 0.1) is 19.8 Å². The molecule has 0 amide bonds. The van der Waals surface area contributed by atoms with Gasteiger partial charge < -0.3 is 24.8 Å². The molecule has 1 aromatic carbocycles. The molecule has 7 heteroatoms. The molecule has 0 saturated carbocycles. The Morgan fingerprint density at radius 2 is 1.96 bits per heavy atom. The molecule has 1 aliphatic rings. The number of piperidine rings is 1. The van der Waals surface area contributed by atoms with Crippen LogP contribution in [0.5, 0.6) is 11.5 Å². The SMILES string of the molecule is CCNC(=NCC(C)Oc1ccccc1OC)N1CCC(O)CC1.I. The van der Waals surface area contributed by atoms with E-state index in [1.807, 2.05) is 31.2 Å². The zero-order chi connectivity index (χ0) is 17.4. The lowest BCUT2D eigenvalue weighted by Gasteiger charge is -2.32. The summed E-state index contributed by atoms with van der Waals surface area (Å²) in [5.41, 5.74) is 0. The Morgan fingerprint density at radius 1 is 1.32 bits per heavy atom. The number of guanidine groups is 1. The third kappa shape index (κ3) is 6.89. The van der Waals surface area contributed by atoms with Gasteiger partial charge in [0.1, 0.15) is 6.10 Å². The first-order chi connectivity index (χ1) is 11.6. The molecule has 0 radical (unpaired) electrons. The number of hydrogen-bond donors (Lipinski definition) is 2. The Morgan fingerprint density at radius 3 is 2.56 bits per heavy atom. The summed E-state index contributed by atoms with van der Waals surface area (Å²) in [6, 6.07) is 7.63. The number of halogens is 1. The summed E-state index contributed by atoms with van der Waals surface area (Å²) in [5, 5.41) is 13.0. The van der Waals surface area contributed by atoms with E-state index in [0.717, 1.165) is 49.9 Å². The molecule has 142 valence electrons. The molecule has 0 spiro atoms. The highest BCUT2D eigenvalue weighted by Gasteiger charge is 2.20. The molecule has 0 aromatic heterocycles. The molecule has 6 nitrogen and oxygen atoms in total. The summed E-state index contributed by atoms with van der Waals surface area (Å²) in [6.07, 6.45) is 1.33. The van der Waals surface area contributed by atoms with Crippen molar-refractivity contribution in [3.8, 4) is 11.5 Å². The molecular formula is C18H30IN3O3. The predicted molar refractivity (Wildman–Crippen MR) is 111 cm³/mol. The van der Waals surface area contributed by atoms with Crippen molar-refractivity contribution in [3.05, 3.63) is 24.3 Å². The summed E-state index contributed by atoms with van der Waals surface area (Å²) in [6.45, 7) is 7.09. The van der Waals surface area contributed by atoms with Crippen molar-refractivity contribution < 1.29 is 14.6 Å². The largest absolute Gasteiger partial charge is 0.493 e. The summed E-state index contributed by atoms with van der Waals surface area (Å²) >= 11 is 0. The lowest BCUT2D eigenvalue weighted by molar-refractivity contribution is 0.107. The van der Waals surface area contributed by atoms with Crippen molar-refractivity contribution >= 4 is 29.9 Å². The van der Waals surface area contributed by atoms with Gasteiger partial charge in [-0.2, -0.15) is 0 Å². The van der Waals surface area contributed by atoms with Crippen LogP contribution in [0.3, 0.4) is 0 Å². The van der Waals surface area contributed by atoms with Crippen LogP contribution in [-0.4, -0.2) is 61.5 Å². The van der Waals surface area contributed by atoms with Gasteiger partial charge in [-0.15, -0.1) is 24.0 Å². The van der Waals surface area contributed by atoms with Gasteiger partial charge in [0.15, 0.2) is 17.5 Å². The van der Waals surface area contributed by atoms with Gasteiger partial charge in [-0.25, -0.2) is 4.99 Å². The maximum absolute atomic E-state index is 9.65. The number of nitrogens with zero attached hydrogens (tertiary/aromatic N) is 2. The number of methoxy groups -OCH3 is 1. The van der Waals surface area contributed by atoms with E-state index in [1.54, 1.807) is 7.11 Å². The predicted octanol–water partition coefficient (Wildman–Crippen LogP) is 2.50. The maximum atomic E-state index is 9.65. The minimum Gasteiger partial charge on any atom is -0.493 e. The molecule has 1 heterocycles. The third-order valence-corrected chi connectivity index (χ3v) is 3.99. The summed E-state index contributed by atoms with van der Waals surface area (Å²) in [4.78, 5) is 6.90. The molecule has 1 saturated heterocycles. The number of rotatable bonds is 6. The highest BCUT2D eigenvalue weighted by molar-refractivity contribution is 14.0. The van der Waals surface area contributed by atoms with Crippen LogP contribution in [0.4, 0.5) is 0 Å². The zero-order valence-electron chi connectivity index (χ0n) is 15.3. The van der Waals surface area contributed by atoms with E-state index in [-0.39, 0.29) is 36.2 Å². The van der Waals surface area contributed by atoms with Crippen molar-refractivity contribution in [1.82, 2.24) is 10.2 Å². The number of benzene rings is 1. The second-order valence-corrected chi connectivity index (χ2v) is 5.99. The highest BCUT2D eigenvalue weighted by atomic mass is 127. The van der Waals surface area contributed by atoms with Crippen LogP contribution >= 0.6 is 24.0 Å². The number of nitrogens with one attached hydrogen (secondary N) is 1. The normalized spacial score (nSPS) is 16.8. The van der Waals surface area contributed by atoms with Gasteiger partial charge >= 0.3 is 0 Å². The van der Waals surface area contributed by atoms with E-state index in [0.29, 0.717) is 6.54 Å². The first-order valence-electron chi connectivity index (χ1n) is 8.65. The van der Waals surface area contributed by atoms with E-state index < -0.39 is 0 Å². The standard InChI is InChI=1S/C18H29N3O3.HI/c1-4-19-18(21-11-9-15(22)10-12-21)20-13-14(2)24-17-8-6-5-7-16(17)23-3;/h5-8,14-15,22H,4,9-13H2,1-3H3,(H,19,20);1H. The van der Waals surface area contributed by atoms with E-state index in [2.05, 4.69) is 17.1 Å². The van der Waals surface area contributed by atoms with E-state index >= 15 is 0 Å². The Kier molecular flexibility index (Phi) is 9.96. The summed E-state index contributed by atoms with van der Waals surface area (Å²) < 4.78 is 11.3. The van der Waals surface area contributed by atoms with Gasteiger partial charge in [-0.3, -0.25) is 0 Å². The van der Waals surface area contributed by atoms with Crippen molar-refractivity contribution in [2.75, 3.05) is 33.3 Å². The number of aliphatic hydroxyl groups is 1. The average Bonchev–Trinajstić information content (AvgIpc) is 2.60. The molecular weight excluding hydrogens is 433 g/mol. The van der Waals surface area contributed by atoms with E-state index in [4.69, 9.17) is 14.5 Å². The summed E-state index contributed by atoms with van der Waals surface area (Å²) in [7, 11) is 1.64. The molecule has 1 atom stereocenters. The van der Waals surface area contributed by atoms with E-state index in [1.165, 1.54) is 0 Å². The molecule has 1 fully saturated rings. The summed E-state index contributed by atoms with van der Waals surface area (Å²) in [5.74, 6) is 2.35. The Balaban J connectivity index is 0.00000312. The molecule has 1 unspecified atom stereocenters. The van der Waals surface area contributed by atoms with Crippen LogP contribution < -0.4 is 14.8 Å². The number of hydrogen-bond acceptors (Lipinski definition) is 4. The van der Waals surface area contributed by atoms with Gasteiger partial charge in [0.2, 0.25) is 0 Å². The molecule has 25 heavy (non-hydrogen) atoms. The van der Waals surface area contributed by atoms with Crippen molar-refractivity contribution in [2.45, 2.75) is 38.9 Å². The lowest BCUT2D eigenvalue weighted by Crippen LogP contribution is -2.47. The first kappa shape index (κ1) is 21.8. The number of ether oxygens (including phenoxy) is 2. The molecule has 2 rings (SSSR count). The van der Waals surface area contributed by atoms with Crippen LogP contribution in [0.25, 0.3) is 0 Å². The van der Waals surface area contributed by atoms with Crippen LogP contribution in [-0.2, 0) is 0 Å². The fourth-order valence-electron chi connectivity index (χ4n) is 2.69. The monoisotopic (exact) mass is 463 g/mol. The quantitative estimate of drug-likeness (QED) is 0.386. The molecule has 2 N–H and O–H groups in total. The van der Waals surface area contributed by atoms with Crippen molar-refractivity contribution in [2.24, 2.45) is 4.99 Å². The molecule has 0 bridgehead atoms. The average molecular weight is 463 g/mol. The minimum absolute atomic E-state index is 0. The Labute approximate surface area is 167 Å². The second-order valence-electron chi connectivity index (χ2n) is 5.99. The highest BCUT2D eigenvalue weighted by Crippen LogP contribution is 2.26. The Hall–Kier alpha value is -1.22. The molecule has 0 aliphatic carbocycles.